The van der Waals surface area contributed by atoms with Crippen molar-refractivity contribution in [1.29, 1.82) is 0 Å². The lowest BCUT2D eigenvalue weighted by Crippen LogP contribution is -2.34. The molecular weight excluding hydrogens is 376 g/mol. The largest absolute Gasteiger partial charge is 0.490 e. The van der Waals surface area contributed by atoms with E-state index in [1.165, 1.54) is 24.3 Å². The van der Waals surface area contributed by atoms with Gasteiger partial charge < -0.3 is 19.1 Å². The lowest BCUT2D eigenvalue weighted by atomic mass is 10.0. The number of hydrogen-bond donors (Lipinski definition) is 0. The Labute approximate surface area is 168 Å². The fraction of sp³-hybridized carbons (Fsp3) is 0.381. The van der Waals surface area contributed by atoms with Gasteiger partial charge in [0.05, 0.1) is 24.2 Å². The number of nitrogens with zero attached hydrogens (tertiary/aromatic N) is 2. The monoisotopic (exact) mass is 398 g/mol. The number of ether oxygens (including phenoxy) is 3. The molecule has 2 aliphatic rings. The standard InChI is InChI=1S/C21H22N2O6/c24-21(14-29-17-7-5-16(6-8-17)23(25)26)22-10-1-3-18(22)15-4-9-19-20(13-15)28-12-2-11-27-19/h4-9,13,18H,1-3,10-12,14H2. The lowest BCUT2D eigenvalue weighted by molar-refractivity contribution is -0.384. The molecule has 0 bridgehead atoms. The molecule has 0 radical (unpaired) electrons. The van der Waals surface area contributed by atoms with Gasteiger partial charge in [0.2, 0.25) is 0 Å². The van der Waals surface area contributed by atoms with Crippen LogP contribution in [-0.4, -0.2) is 42.1 Å². The zero-order valence-electron chi connectivity index (χ0n) is 15.9. The van der Waals surface area contributed by atoms with E-state index < -0.39 is 4.92 Å². The van der Waals surface area contributed by atoms with Gasteiger partial charge in [0.1, 0.15) is 5.75 Å². The summed E-state index contributed by atoms with van der Waals surface area (Å²) < 4.78 is 17.0. The molecule has 4 rings (SSSR count). The molecule has 1 atom stereocenters. The first kappa shape index (κ1) is 19.0. The van der Waals surface area contributed by atoms with E-state index in [4.69, 9.17) is 14.2 Å². The molecule has 0 aromatic heterocycles. The number of carbonyl (C=O) groups excluding carboxylic acids is 1. The number of rotatable bonds is 5. The van der Waals surface area contributed by atoms with Crippen molar-refractivity contribution in [3.8, 4) is 17.2 Å². The van der Waals surface area contributed by atoms with Crippen LogP contribution in [0.5, 0.6) is 17.2 Å². The number of benzene rings is 2. The Morgan fingerprint density at radius 3 is 2.62 bits per heavy atom. The molecule has 1 amide bonds. The molecule has 2 heterocycles. The molecular formula is C21H22N2O6. The van der Waals surface area contributed by atoms with Gasteiger partial charge in [-0.3, -0.25) is 14.9 Å². The average molecular weight is 398 g/mol. The number of carbonyl (C=O) groups is 1. The van der Waals surface area contributed by atoms with Gasteiger partial charge in [0.15, 0.2) is 18.1 Å². The van der Waals surface area contributed by atoms with Crippen molar-refractivity contribution in [2.45, 2.75) is 25.3 Å². The zero-order chi connectivity index (χ0) is 20.2. The molecule has 8 heteroatoms. The van der Waals surface area contributed by atoms with Crippen LogP contribution in [0.4, 0.5) is 5.69 Å². The van der Waals surface area contributed by atoms with Gasteiger partial charge in [-0.15, -0.1) is 0 Å². The SMILES string of the molecule is O=C(COc1ccc([N+](=O)[O-])cc1)N1CCCC1c1ccc2c(c1)OCCCO2. The first-order valence-corrected chi connectivity index (χ1v) is 9.68. The summed E-state index contributed by atoms with van der Waals surface area (Å²) in [5, 5.41) is 10.7. The van der Waals surface area contributed by atoms with Crippen LogP contribution in [0.2, 0.25) is 0 Å². The highest BCUT2D eigenvalue weighted by molar-refractivity contribution is 5.78. The highest BCUT2D eigenvalue weighted by atomic mass is 16.6. The Hall–Kier alpha value is -3.29. The van der Waals surface area contributed by atoms with E-state index in [1.54, 1.807) is 0 Å². The van der Waals surface area contributed by atoms with Gasteiger partial charge in [-0.25, -0.2) is 0 Å². The van der Waals surface area contributed by atoms with Crippen LogP contribution in [0.1, 0.15) is 30.9 Å². The third-order valence-electron chi connectivity index (χ3n) is 5.14. The predicted octanol–water partition coefficient (Wildman–Crippen LogP) is 3.50. The molecule has 0 spiro atoms. The zero-order valence-corrected chi connectivity index (χ0v) is 15.9. The lowest BCUT2D eigenvalue weighted by Gasteiger charge is -2.25. The van der Waals surface area contributed by atoms with Crippen LogP contribution in [0, 0.1) is 10.1 Å². The first-order chi connectivity index (χ1) is 14.1. The van der Waals surface area contributed by atoms with Crippen molar-refractivity contribution in [2.24, 2.45) is 0 Å². The molecule has 1 saturated heterocycles. The van der Waals surface area contributed by atoms with E-state index >= 15 is 0 Å². The maximum Gasteiger partial charge on any atom is 0.269 e. The summed E-state index contributed by atoms with van der Waals surface area (Å²) >= 11 is 0. The molecule has 8 nitrogen and oxygen atoms in total. The van der Waals surface area contributed by atoms with Crippen LogP contribution >= 0.6 is 0 Å². The van der Waals surface area contributed by atoms with E-state index in [1.807, 2.05) is 23.1 Å². The number of nitro groups is 1. The van der Waals surface area contributed by atoms with Crippen molar-refractivity contribution in [3.63, 3.8) is 0 Å². The smallest absolute Gasteiger partial charge is 0.269 e. The minimum absolute atomic E-state index is 0.0160. The summed E-state index contributed by atoms with van der Waals surface area (Å²) in [7, 11) is 0. The molecule has 1 fully saturated rings. The number of fused-ring (bicyclic) bond motifs is 1. The fourth-order valence-corrected chi connectivity index (χ4v) is 3.69. The third-order valence-corrected chi connectivity index (χ3v) is 5.14. The van der Waals surface area contributed by atoms with Gasteiger partial charge in [-0.05, 0) is 42.7 Å². The van der Waals surface area contributed by atoms with Crippen molar-refractivity contribution >= 4 is 11.6 Å². The van der Waals surface area contributed by atoms with Crippen molar-refractivity contribution in [3.05, 3.63) is 58.1 Å². The molecule has 0 saturated carbocycles. The minimum atomic E-state index is -0.473. The molecule has 1 unspecified atom stereocenters. The second kappa shape index (κ2) is 8.38. The molecule has 2 aromatic rings. The summed E-state index contributed by atoms with van der Waals surface area (Å²) in [6, 6.07) is 11.5. The quantitative estimate of drug-likeness (QED) is 0.566. The topological polar surface area (TPSA) is 91.1 Å². The Morgan fingerprint density at radius 2 is 1.86 bits per heavy atom. The Kier molecular flexibility index (Phi) is 5.50. The Bertz CT molecular complexity index is 899. The number of amides is 1. The third kappa shape index (κ3) is 4.26. The second-order valence-electron chi connectivity index (χ2n) is 7.04. The van der Waals surface area contributed by atoms with Gasteiger partial charge in [-0.1, -0.05) is 6.07 Å². The van der Waals surface area contributed by atoms with Crippen molar-refractivity contribution in [2.75, 3.05) is 26.4 Å². The summed E-state index contributed by atoms with van der Waals surface area (Å²) in [6.45, 7) is 1.81. The van der Waals surface area contributed by atoms with E-state index in [2.05, 4.69) is 0 Å². The number of likely N-dealkylation sites (tertiary alicyclic amines) is 1. The maximum absolute atomic E-state index is 12.8. The number of nitro benzene ring substituents is 1. The van der Waals surface area contributed by atoms with Gasteiger partial charge in [0.25, 0.3) is 11.6 Å². The van der Waals surface area contributed by atoms with Gasteiger partial charge >= 0.3 is 0 Å². The van der Waals surface area contributed by atoms with Gasteiger partial charge in [-0.2, -0.15) is 0 Å². The summed E-state index contributed by atoms with van der Waals surface area (Å²) in [5.74, 6) is 1.78. The van der Waals surface area contributed by atoms with E-state index in [0.29, 0.717) is 25.5 Å². The van der Waals surface area contributed by atoms with Gasteiger partial charge in [0, 0.05) is 25.1 Å². The Balaban J connectivity index is 1.42. The first-order valence-electron chi connectivity index (χ1n) is 9.68. The van der Waals surface area contributed by atoms with E-state index in [-0.39, 0.29) is 24.2 Å². The maximum atomic E-state index is 12.8. The second-order valence-corrected chi connectivity index (χ2v) is 7.04. The summed E-state index contributed by atoms with van der Waals surface area (Å²) in [6.07, 6.45) is 2.64. The highest BCUT2D eigenvalue weighted by Crippen LogP contribution is 2.38. The molecule has 152 valence electrons. The normalized spacial score (nSPS) is 18.2. The summed E-state index contributed by atoms with van der Waals surface area (Å²) in [4.78, 5) is 24.8. The van der Waals surface area contributed by atoms with Crippen LogP contribution in [-0.2, 0) is 4.79 Å². The average Bonchev–Trinajstić information content (AvgIpc) is 3.11. The highest BCUT2D eigenvalue weighted by Gasteiger charge is 2.31. The number of hydrogen-bond acceptors (Lipinski definition) is 6. The van der Waals surface area contributed by atoms with Crippen LogP contribution in [0.15, 0.2) is 42.5 Å². The molecule has 0 aliphatic carbocycles. The van der Waals surface area contributed by atoms with Crippen LogP contribution in [0.3, 0.4) is 0 Å². The minimum Gasteiger partial charge on any atom is -0.490 e. The molecule has 2 aromatic carbocycles. The summed E-state index contributed by atoms with van der Waals surface area (Å²) in [5.41, 5.74) is 1.01. The van der Waals surface area contributed by atoms with Crippen LogP contribution < -0.4 is 14.2 Å². The number of non-ortho nitro benzene ring substituents is 1. The Morgan fingerprint density at radius 1 is 1.10 bits per heavy atom. The van der Waals surface area contributed by atoms with E-state index in [0.717, 1.165) is 36.3 Å². The molecule has 0 N–H and O–H groups in total. The molecule has 2 aliphatic heterocycles. The van der Waals surface area contributed by atoms with Crippen molar-refractivity contribution in [1.82, 2.24) is 4.90 Å². The van der Waals surface area contributed by atoms with Crippen LogP contribution in [0.25, 0.3) is 0 Å². The predicted molar refractivity (Wildman–Crippen MR) is 104 cm³/mol. The molecule has 29 heavy (non-hydrogen) atoms. The fourth-order valence-electron chi connectivity index (χ4n) is 3.69. The van der Waals surface area contributed by atoms with Crippen molar-refractivity contribution < 1.29 is 23.9 Å². The van der Waals surface area contributed by atoms with E-state index in [9.17, 15) is 14.9 Å².